The van der Waals surface area contributed by atoms with E-state index in [9.17, 15) is 14.7 Å². The number of nitrogens with zero attached hydrogens (tertiary/aromatic N) is 2. The molecule has 0 unspecified atom stereocenters. The molecular weight excluding hydrogens is 236 g/mol. The van der Waals surface area contributed by atoms with E-state index in [0.717, 1.165) is 10.1 Å². The first-order chi connectivity index (χ1) is 8.58. The van der Waals surface area contributed by atoms with Crippen molar-refractivity contribution in [1.82, 2.24) is 9.13 Å². The molecule has 1 aromatic heterocycles. The lowest BCUT2D eigenvalue weighted by Crippen LogP contribution is -2.27. The van der Waals surface area contributed by atoms with Gasteiger partial charge in [0.1, 0.15) is 6.54 Å². The summed E-state index contributed by atoms with van der Waals surface area (Å²) in [6.45, 7) is -0.258. The highest BCUT2D eigenvalue weighted by atomic mass is 16.4. The molecule has 0 saturated carbocycles. The van der Waals surface area contributed by atoms with Crippen LogP contribution in [0.3, 0.4) is 0 Å². The molecule has 94 valence electrons. The van der Waals surface area contributed by atoms with Gasteiger partial charge in [0, 0.05) is 0 Å². The average Bonchev–Trinajstić information content (AvgIpc) is 2.58. The normalized spacial score (nSPS) is 10.4. The number of carboxylic acids is 1. The molecule has 0 aliphatic carbocycles. The van der Waals surface area contributed by atoms with Crippen LogP contribution in [0.15, 0.2) is 41.3 Å². The van der Waals surface area contributed by atoms with E-state index in [1.165, 1.54) is 10.8 Å². The van der Waals surface area contributed by atoms with Gasteiger partial charge in [0.15, 0.2) is 0 Å². The number of hydrogen-bond acceptors (Lipinski definition) is 3. The second kappa shape index (κ2) is 4.79. The minimum absolute atomic E-state index is 0.292. The molecule has 0 amide bonds. The van der Waals surface area contributed by atoms with Gasteiger partial charge in [-0.15, -0.1) is 0 Å². The van der Waals surface area contributed by atoms with Crippen LogP contribution in [0.1, 0.15) is 5.56 Å². The molecule has 0 atom stereocenters. The molecule has 2 rings (SSSR count). The number of carbonyl (C=O) groups is 1. The number of aromatic nitrogens is 2. The Bertz CT molecular complexity index is 613. The van der Waals surface area contributed by atoms with E-state index in [2.05, 4.69) is 0 Å². The SMILES string of the molecule is O=C(O)Cn1c(O)cn(Cc2ccccc2)c1=O. The van der Waals surface area contributed by atoms with Gasteiger partial charge in [-0.1, -0.05) is 30.3 Å². The van der Waals surface area contributed by atoms with Crippen LogP contribution in [0.2, 0.25) is 0 Å². The van der Waals surface area contributed by atoms with E-state index in [0.29, 0.717) is 6.54 Å². The number of rotatable bonds is 4. The summed E-state index contributed by atoms with van der Waals surface area (Å²) >= 11 is 0. The summed E-state index contributed by atoms with van der Waals surface area (Å²) in [6.07, 6.45) is 1.23. The zero-order valence-corrected chi connectivity index (χ0v) is 9.48. The smallest absolute Gasteiger partial charge is 0.331 e. The first-order valence-electron chi connectivity index (χ1n) is 5.32. The monoisotopic (exact) mass is 248 g/mol. The Kier molecular flexibility index (Phi) is 3.18. The van der Waals surface area contributed by atoms with Gasteiger partial charge in [0.2, 0.25) is 5.88 Å². The molecule has 6 nitrogen and oxygen atoms in total. The van der Waals surface area contributed by atoms with E-state index in [-0.39, 0.29) is 5.88 Å². The quantitative estimate of drug-likeness (QED) is 0.824. The molecule has 0 radical (unpaired) electrons. The first kappa shape index (κ1) is 12.0. The van der Waals surface area contributed by atoms with Crippen molar-refractivity contribution in [1.29, 1.82) is 0 Å². The van der Waals surface area contributed by atoms with Gasteiger partial charge in [-0.3, -0.25) is 13.9 Å². The number of aliphatic carboxylic acids is 1. The maximum absolute atomic E-state index is 11.8. The Morgan fingerprint density at radius 1 is 1.22 bits per heavy atom. The Morgan fingerprint density at radius 2 is 1.89 bits per heavy atom. The molecule has 1 heterocycles. The van der Waals surface area contributed by atoms with Crippen LogP contribution < -0.4 is 5.69 Å². The maximum Gasteiger partial charge on any atom is 0.331 e. The van der Waals surface area contributed by atoms with Crippen molar-refractivity contribution in [3.63, 3.8) is 0 Å². The van der Waals surface area contributed by atoms with Crippen LogP contribution >= 0.6 is 0 Å². The van der Waals surface area contributed by atoms with E-state index in [1.807, 2.05) is 30.3 Å². The predicted octanol–water partition coefficient (Wildman–Crippen LogP) is 0.488. The topological polar surface area (TPSA) is 84.5 Å². The van der Waals surface area contributed by atoms with Gasteiger partial charge < -0.3 is 10.2 Å². The lowest BCUT2D eigenvalue weighted by Gasteiger charge is -2.00. The van der Waals surface area contributed by atoms with E-state index in [1.54, 1.807) is 0 Å². The molecule has 0 bridgehead atoms. The van der Waals surface area contributed by atoms with Crippen molar-refractivity contribution in [3.8, 4) is 5.88 Å². The van der Waals surface area contributed by atoms with Crippen molar-refractivity contribution < 1.29 is 15.0 Å². The lowest BCUT2D eigenvalue weighted by atomic mass is 10.2. The fourth-order valence-electron chi connectivity index (χ4n) is 1.69. The summed E-state index contributed by atoms with van der Waals surface area (Å²) in [5.41, 5.74) is 0.353. The zero-order valence-electron chi connectivity index (χ0n) is 9.48. The largest absolute Gasteiger partial charge is 0.493 e. The molecule has 0 spiro atoms. The van der Waals surface area contributed by atoms with Crippen molar-refractivity contribution >= 4 is 5.97 Å². The molecule has 0 aliphatic heterocycles. The highest BCUT2D eigenvalue weighted by molar-refractivity contribution is 5.66. The average molecular weight is 248 g/mol. The van der Waals surface area contributed by atoms with E-state index in [4.69, 9.17) is 5.11 Å². The minimum Gasteiger partial charge on any atom is -0.493 e. The molecule has 18 heavy (non-hydrogen) atoms. The predicted molar refractivity (Wildman–Crippen MR) is 63.5 cm³/mol. The Labute approximate surface area is 102 Å². The summed E-state index contributed by atoms with van der Waals surface area (Å²) in [6, 6.07) is 9.23. The first-order valence-corrected chi connectivity index (χ1v) is 5.32. The number of hydrogen-bond donors (Lipinski definition) is 2. The molecule has 0 fully saturated rings. The summed E-state index contributed by atoms with van der Waals surface area (Å²) in [5.74, 6) is -1.52. The Morgan fingerprint density at radius 3 is 2.50 bits per heavy atom. The third-order valence-corrected chi connectivity index (χ3v) is 2.51. The van der Waals surface area contributed by atoms with Crippen LogP contribution in [0, 0.1) is 0 Å². The van der Waals surface area contributed by atoms with Gasteiger partial charge >= 0.3 is 11.7 Å². The molecule has 0 aliphatic rings. The van der Waals surface area contributed by atoms with Gasteiger partial charge in [-0.05, 0) is 5.56 Å². The van der Waals surface area contributed by atoms with Crippen molar-refractivity contribution in [2.45, 2.75) is 13.1 Å². The molecule has 6 heteroatoms. The van der Waals surface area contributed by atoms with E-state index >= 15 is 0 Å². The van der Waals surface area contributed by atoms with Crippen LogP contribution in [0.4, 0.5) is 0 Å². The molecular formula is C12H12N2O4. The maximum atomic E-state index is 11.8. The Hall–Kier alpha value is -2.50. The van der Waals surface area contributed by atoms with Crippen LogP contribution in [0.25, 0.3) is 0 Å². The number of imidazole rings is 1. The number of aromatic hydroxyl groups is 1. The summed E-state index contributed by atoms with van der Waals surface area (Å²) in [5, 5.41) is 18.2. The Balaban J connectivity index is 2.30. The number of carboxylic acid groups (broad SMARTS) is 1. The summed E-state index contributed by atoms with van der Waals surface area (Å²) in [7, 11) is 0. The van der Waals surface area contributed by atoms with Crippen molar-refractivity contribution in [2.75, 3.05) is 0 Å². The highest BCUT2D eigenvalue weighted by Gasteiger charge is 2.12. The van der Waals surface area contributed by atoms with E-state index < -0.39 is 18.2 Å². The molecule has 2 aromatic rings. The summed E-state index contributed by atoms with van der Waals surface area (Å²) < 4.78 is 2.08. The third kappa shape index (κ3) is 2.42. The summed E-state index contributed by atoms with van der Waals surface area (Å²) in [4.78, 5) is 22.4. The molecule has 2 N–H and O–H groups in total. The fraction of sp³-hybridized carbons (Fsp3) is 0.167. The van der Waals surface area contributed by atoms with Crippen LogP contribution in [-0.4, -0.2) is 25.3 Å². The highest BCUT2D eigenvalue weighted by Crippen LogP contribution is 2.08. The van der Waals surface area contributed by atoms with Crippen LogP contribution in [0.5, 0.6) is 5.88 Å². The number of benzene rings is 1. The molecule has 1 aromatic carbocycles. The zero-order chi connectivity index (χ0) is 13.1. The fourth-order valence-corrected chi connectivity index (χ4v) is 1.69. The second-order valence-electron chi connectivity index (χ2n) is 3.86. The minimum atomic E-state index is -1.18. The van der Waals surface area contributed by atoms with Crippen LogP contribution in [-0.2, 0) is 17.9 Å². The van der Waals surface area contributed by atoms with Crippen molar-refractivity contribution in [3.05, 3.63) is 52.6 Å². The van der Waals surface area contributed by atoms with Gasteiger partial charge in [-0.2, -0.15) is 0 Å². The van der Waals surface area contributed by atoms with Gasteiger partial charge in [0.25, 0.3) is 0 Å². The third-order valence-electron chi connectivity index (χ3n) is 2.51. The van der Waals surface area contributed by atoms with Crippen molar-refractivity contribution in [2.24, 2.45) is 0 Å². The van der Waals surface area contributed by atoms with Gasteiger partial charge in [0.05, 0.1) is 12.7 Å². The lowest BCUT2D eigenvalue weighted by molar-refractivity contribution is -0.137. The molecule has 0 saturated heterocycles. The van der Waals surface area contributed by atoms with Gasteiger partial charge in [-0.25, -0.2) is 4.79 Å². The second-order valence-corrected chi connectivity index (χ2v) is 3.86. The standard InChI is InChI=1S/C12H12N2O4/c15-10-7-13(6-9-4-2-1-3-5-9)12(18)14(10)8-11(16)17/h1-5,7,15H,6,8H2,(H,16,17).